The van der Waals surface area contributed by atoms with Gasteiger partial charge in [-0.25, -0.2) is 4.79 Å². The number of carboxylic acids is 1. The molecule has 16 heavy (non-hydrogen) atoms. The lowest BCUT2D eigenvalue weighted by atomic mass is 10.1. The van der Waals surface area contributed by atoms with Crippen LogP contribution in [0, 0.1) is 0 Å². The Kier molecular flexibility index (Phi) is 3.78. The smallest absolute Gasteiger partial charge is 0.337 e. The molecule has 0 aliphatic carbocycles. The van der Waals surface area contributed by atoms with Crippen LogP contribution in [0.1, 0.15) is 10.4 Å². The van der Waals surface area contributed by atoms with Gasteiger partial charge in [0, 0.05) is 11.4 Å². The van der Waals surface area contributed by atoms with Gasteiger partial charge in [0.2, 0.25) is 0 Å². The van der Waals surface area contributed by atoms with Crippen molar-refractivity contribution in [2.45, 2.75) is 0 Å². The average molecular weight is 222 g/mol. The van der Waals surface area contributed by atoms with E-state index in [1.165, 1.54) is 24.5 Å². The second-order valence-corrected chi connectivity index (χ2v) is 2.71. The van der Waals surface area contributed by atoms with Crippen LogP contribution in [0.5, 0.6) is 0 Å². The van der Waals surface area contributed by atoms with E-state index >= 15 is 0 Å². The van der Waals surface area contributed by atoms with Crippen LogP contribution >= 0.6 is 0 Å². The van der Waals surface area contributed by atoms with Crippen molar-refractivity contribution in [1.82, 2.24) is 20.6 Å². The number of nitrogen functional groups attached to an aromatic ring is 2. The summed E-state index contributed by atoms with van der Waals surface area (Å²) in [4.78, 5) is 10.4. The van der Waals surface area contributed by atoms with Crippen molar-refractivity contribution in [3.63, 3.8) is 0 Å². The molecule has 1 aromatic carbocycles. The number of carbonyl (C=O) groups is 1. The molecule has 0 saturated carbocycles. The summed E-state index contributed by atoms with van der Waals surface area (Å²) in [5, 5.41) is 20.7. The molecule has 0 fully saturated rings. The number of nitrogens with zero attached hydrogens (tertiary/aromatic N) is 3. The molecule has 8 heteroatoms. The second-order valence-electron chi connectivity index (χ2n) is 2.71. The number of nitrogens with two attached hydrogens (primary N) is 2. The van der Waals surface area contributed by atoms with Crippen LogP contribution in [0.2, 0.25) is 0 Å². The third-order valence-electron chi connectivity index (χ3n) is 1.58. The molecule has 0 amide bonds. The Hall–Kier alpha value is -2.64. The van der Waals surface area contributed by atoms with Crippen molar-refractivity contribution >= 4 is 17.3 Å². The van der Waals surface area contributed by atoms with Gasteiger partial charge in [-0.3, -0.25) is 0 Å². The van der Waals surface area contributed by atoms with Gasteiger partial charge >= 0.3 is 5.97 Å². The zero-order valence-corrected chi connectivity index (χ0v) is 8.16. The first-order valence-corrected chi connectivity index (χ1v) is 4.16. The van der Waals surface area contributed by atoms with E-state index in [0.717, 1.165) is 0 Å². The van der Waals surface area contributed by atoms with Crippen LogP contribution in [-0.2, 0) is 0 Å². The van der Waals surface area contributed by atoms with E-state index < -0.39 is 5.97 Å². The number of aromatic carboxylic acids is 1. The molecule has 1 aromatic heterocycles. The van der Waals surface area contributed by atoms with Crippen LogP contribution in [0.4, 0.5) is 11.4 Å². The maximum atomic E-state index is 10.4. The average Bonchev–Trinajstić information content (AvgIpc) is 2.74. The third-order valence-corrected chi connectivity index (χ3v) is 1.58. The number of anilines is 2. The van der Waals surface area contributed by atoms with Crippen LogP contribution in [-0.4, -0.2) is 31.7 Å². The number of tetrazole rings is 1. The van der Waals surface area contributed by atoms with Gasteiger partial charge in [0.05, 0.1) is 5.56 Å². The number of H-pyrrole nitrogens is 1. The Bertz CT molecular complexity index is 438. The Morgan fingerprint density at radius 3 is 2.50 bits per heavy atom. The molecule has 8 nitrogen and oxygen atoms in total. The summed E-state index contributed by atoms with van der Waals surface area (Å²) < 4.78 is 0. The molecular formula is C8H10N6O2. The molecule has 0 spiro atoms. The number of hydrogen-bond acceptors (Lipinski definition) is 6. The highest BCUT2D eigenvalue weighted by Crippen LogP contribution is 2.14. The second kappa shape index (κ2) is 5.29. The highest BCUT2D eigenvalue weighted by Gasteiger charge is 2.05. The Morgan fingerprint density at radius 1 is 1.38 bits per heavy atom. The fourth-order valence-electron chi connectivity index (χ4n) is 0.905. The van der Waals surface area contributed by atoms with E-state index in [1.54, 1.807) is 0 Å². The number of hydrogen-bond donors (Lipinski definition) is 4. The van der Waals surface area contributed by atoms with Crippen LogP contribution in [0.15, 0.2) is 24.5 Å². The first-order valence-electron chi connectivity index (χ1n) is 4.16. The van der Waals surface area contributed by atoms with Crippen LogP contribution < -0.4 is 11.5 Å². The highest BCUT2D eigenvalue weighted by molar-refractivity contribution is 5.94. The predicted octanol–water partition coefficient (Wildman–Crippen LogP) is -0.251. The van der Waals surface area contributed by atoms with Crippen LogP contribution in [0.25, 0.3) is 0 Å². The number of nitrogens with one attached hydrogen (secondary N) is 1. The summed E-state index contributed by atoms with van der Waals surface area (Å²) in [6.07, 6.45) is 1.33. The summed E-state index contributed by atoms with van der Waals surface area (Å²) in [6.45, 7) is 0. The van der Waals surface area contributed by atoms with Gasteiger partial charge in [-0.05, 0) is 18.2 Å². The first-order chi connectivity index (χ1) is 7.61. The minimum absolute atomic E-state index is 0.0826. The molecule has 6 N–H and O–H groups in total. The van der Waals surface area contributed by atoms with Crippen molar-refractivity contribution < 1.29 is 9.90 Å². The standard InChI is InChI=1S/C7H8N2O2.CH2N4/c8-4-1-2-5(7(10)11)6(9)3-4;1-2-4-5-3-1/h1-3H,8-9H2,(H,10,11);1H,(H,2,3,4,5). The molecule has 0 aliphatic rings. The number of aromatic nitrogens is 4. The normalized spacial score (nSPS) is 9.00. The quantitative estimate of drug-likeness (QED) is 0.487. The highest BCUT2D eigenvalue weighted by atomic mass is 16.4. The maximum absolute atomic E-state index is 10.4. The van der Waals surface area contributed by atoms with Crippen molar-refractivity contribution in [3.05, 3.63) is 30.1 Å². The minimum Gasteiger partial charge on any atom is -0.478 e. The third kappa shape index (κ3) is 3.25. The molecule has 2 rings (SSSR count). The lowest BCUT2D eigenvalue weighted by Gasteiger charge is -1.99. The van der Waals surface area contributed by atoms with Crippen molar-refractivity contribution in [2.24, 2.45) is 0 Å². The molecule has 0 aliphatic heterocycles. The van der Waals surface area contributed by atoms with Crippen molar-refractivity contribution in [2.75, 3.05) is 11.5 Å². The maximum Gasteiger partial charge on any atom is 0.337 e. The fraction of sp³-hybridized carbons (Fsp3) is 0. The van der Waals surface area contributed by atoms with E-state index in [4.69, 9.17) is 16.6 Å². The Morgan fingerprint density at radius 2 is 2.12 bits per heavy atom. The zero-order chi connectivity index (χ0) is 12.0. The summed E-state index contributed by atoms with van der Waals surface area (Å²) in [7, 11) is 0. The Balaban J connectivity index is 0.000000212. The van der Waals surface area contributed by atoms with E-state index in [1.807, 2.05) is 0 Å². The Labute approximate surface area is 90.3 Å². The van der Waals surface area contributed by atoms with E-state index in [2.05, 4.69) is 20.6 Å². The molecule has 0 bridgehead atoms. The van der Waals surface area contributed by atoms with E-state index in [9.17, 15) is 4.79 Å². The van der Waals surface area contributed by atoms with Gasteiger partial charge in [-0.1, -0.05) is 5.21 Å². The molecule has 2 aromatic rings. The number of rotatable bonds is 1. The van der Waals surface area contributed by atoms with Crippen LogP contribution in [0.3, 0.4) is 0 Å². The van der Waals surface area contributed by atoms with E-state index in [0.29, 0.717) is 5.69 Å². The topological polar surface area (TPSA) is 144 Å². The summed E-state index contributed by atoms with van der Waals surface area (Å²) >= 11 is 0. The SMILES string of the molecule is Nc1ccc(C(=O)O)c(N)c1.c1nn[nH]n1. The fourth-order valence-corrected chi connectivity index (χ4v) is 0.905. The zero-order valence-electron chi connectivity index (χ0n) is 8.16. The lowest BCUT2D eigenvalue weighted by molar-refractivity contribution is 0.0698. The monoisotopic (exact) mass is 222 g/mol. The summed E-state index contributed by atoms with van der Waals surface area (Å²) in [6, 6.07) is 4.30. The van der Waals surface area contributed by atoms with Gasteiger partial charge in [0.25, 0.3) is 0 Å². The molecule has 1 heterocycles. The number of benzene rings is 1. The molecular weight excluding hydrogens is 212 g/mol. The van der Waals surface area contributed by atoms with E-state index in [-0.39, 0.29) is 11.3 Å². The molecule has 0 unspecified atom stereocenters. The van der Waals surface area contributed by atoms with Gasteiger partial charge < -0.3 is 16.6 Å². The van der Waals surface area contributed by atoms with Gasteiger partial charge in [0.15, 0.2) is 6.33 Å². The lowest BCUT2D eigenvalue weighted by Crippen LogP contribution is -2.02. The molecule has 0 saturated heterocycles. The van der Waals surface area contributed by atoms with Crippen molar-refractivity contribution in [3.8, 4) is 0 Å². The molecule has 0 atom stereocenters. The molecule has 84 valence electrons. The minimum atomic E-state index is -1.04. The summed E-state index contributed by atoms with van der Waals surface area (Å²) in [5.41, 5.74) is 11.5. The first kappa shape index (κ1) is 11.4. The van der Waals surface area contributed by atoms with Gasteiger partial charge in [-0.2, -0.15) is 5.21 Å². The number of carboxylic acid groups (broad SMARTS) is 1. The van der Waals surface area contributed by atoms with Crippen molar-refractivity contribution in [1.29, 1.82) is 0 Å². The van der Waals surface area contributed by atoms with Gasteiger partial charge in [-0.15, -0.1) is 10.2 Å². The largest absolute Gasteiger partial charge is 0.478 e. The number of aromatic amines is 1. The molecule has 0 radical (unpaired) electrons. The predicted molar refractivity (Wildman–Crippen MR) is 56.4 cm³/mol. The summed E-state index contributed by atoms with van der Waals surface area (Å²) in [5.74, 6) is -1.04. The van der Waals surface area contributed by atoms with Gasteiger partial charge in [0.1, 0.15) is 0 Å².